The van der Waals surface area contributed by atoms with Gasteiger partial charge >= 0.3 is 5.97 Å². The predicted octanol–water partition coefficient (Wildman–Crippen LogP) is 2.52. The van der Waals surface area contributed by atoms with Crippen LogP contribution < -0.4 is 5.32 Å². The van der Waals surface area contributed by atoms with Crippen molar-refractivity contribution in [3.05, 3.63) is 39.8 Å². The summed E-state index contributed by atoms with van der Waals surface area (Å²) in [4.78, 5) is 36.8. The molecule has 0 spiro atoms. The van der Waals surface area contributed by atoms with Gasteiger partial charge < -0.3 is 10.4 Å². The number of thioether (sulfide) groups is 1. The van der Waals surface area contributed by atoms with E-state index in [1.807, 2.05) is 0 Å². The molecule has 2 amide bonds. The molecule has 1 aromatic rings. The van der Waals surface area contributed by atoms with Gasteiger partial charge in [-0.25, -0.2) is 0 Å². The minimum Gasteiger partial charge on any atom is -0.481 e. The molecule has 0 radical (unpaired) electrons. The van der Waals surface area contributed by atoms with Crippen molar-refractivity contribution in [3.8, 4) is 0 Å². The molecule has 0 saturated carbocycles. The molecule has 1 fully saturated rings. The highest BCUT2D eigenvalue weighted by Crippen LogP contribution is 2.34. The summed E-state index contributed by atoms with van der Waals surface area (Å²) in [6, 6.07) is 6.16. The van der Waals surface area contributed by atoms with Gasteiger partial charge in [-0.15, -0.1) is 0 Å². The minimum absolute atomic E-state index is 0.00604. The molecule has 1 aromatic carbocycles. The first-order valence-corrected chi connectivity index (χ1v) is 8.92. The summed E-state index contributed by atoms with van der Waals surface area (Å²) in [5, 5.41) is 11.7. The van der Waals surface area contributed by atoms with E-state index in [4.69, 9.17) is 28.9 Å². The Bertz CT molecular complexity index is 749. The lowest BCUT2D eigenvalue weighted by atomic mass is 10.2. The number of nitrogens with zero attached hydrogens (tertiary/aromatic N) is 1. The lowest BCUT2D eigenvalue weighted by Gasteiger charge is -2.22. The quantitative estimate of drug-likeness (QED) is 0.565. The molecule has 2 N–H and O–H groups in total. The fourth-order valence-corrected chi connectivity index (χ4v) is 3.63. The van der Waals surface area contributed by atoms with Gasteiger partial charge in [0.15, 0.2) is 0 Å². The molecule has 1 heterocycles. The second-order valence-corrected chi connectivity index (χ2v) is 7.33. The number of hydrogen-bond donors (Lipinski definition) is 2. The van der Waals surface area contributed by atoms with Crippen molar-refractivity contribution in [1.29, 1.82) is 0 Å². The fourth-order valence-electron chi connectivity index (χ4n) is 2.08. The van der Waals surface area contributed by atoms with Crippen molar-refractivity contribution >= 4 is 63.8 Å². The fraction of sp³-hybridized carbons (Fsp3) is 0.250. The van der Waals surface area contributed by atoms with E-state index in [1.165, 1.54) is 4.90 Å². The van der Waals surface area contributed by atoms with Crippen LogP contribution in [0.3, 0.4) is 0 Å². The van der Waals surface area contributed by atoms with E-state index >= 15 is 0 Å². The van der Waals surface area contributed by atoms with Crippen LogP contribution in [0, 0.1) is 0 Å². The average Bonchev–Trinajstić information content (AvgIpc) is 2.82. The molecule has 6 nitrogen and oxygen atoms in total. The molecular formula is C16H15ClN2O4S2. The van der Waals surface area contributed by atoms with Gasteiger partial charge in [-0.05, 0) is 30.7 Å². The normalized spacial score (nSPS) is 17.0. The van der Waals surface area contributed by atoms with E-state index in [-0.39, 0.29) is 23.2 Å². The van der Waals surface area contributed by atoms with Crippen LogP contribution in [0.2, 0.25) is 5.02 Å². The van der Waals surface area contributed by atoms with Crippen molar-refractivity contribution in [3.63, 3.8) is 0 Å². The maximum Gasteiger partial charge on any atom is 0.305 e. The SMILES string of the molecule is CC(C(=O)NCCC(=O)O)N1C(=O)/C(=C/c2ccc(Cl)cc2)SC1=S. The van der Waals surface area contributed by atoms with Crippen molar-refractivity contribution in [2.45, 2.75) is 19.4 Å². The van der Waals surface area contributed by atoms with E-state index < -0.39 is 17.9 Å². The van der Waals surface area contributed by atoms with Crippen molar-refractivity contribution in [2.75, 3.05) is 6.54 Å². The van der Waals surface area contributed by atoms with E-state index in [0.717, 1.165) is 17.3 Å². The van der Waals surface area contributed by atoms with Crippen LogP contribution in [0.15, 0.2) is 29.2 Å². The molecule has 1 unspecified atom stereocenters. The minimum atomic E-state index is -1.01. The Kier molecular flexibility index (Phi) is 6.57. The number of carboxylic acid groups (broad SMARTS) is 1. The predicted molar refractivity (Wildman–Crippen MR) is 101 cm³/mol. The van der Waals surface area contributed by atoms with Gasteiger partial charge in [0.1, 0.15) is 10.4 Å². The van der Waals surface area contributed by atoms with Crippen LogP contribution in [0.1, 0.15) is 18.9 Å². The third kappa shape index (κ3) is 5.04. The molecule has 0 aliphatic carbocycles. The van der Waals surface area contributed by atoms with Gasteiger partial charge in [0.25, 0.3) is 5.91 Å². The van der Waals surface area contributed by atoms with E-state index in [0.29, 0.717) is 9.93 Å². The highest BCUT2D eigenvalue weighted by Gasteiger charge is 2.38. The third-order valence-corrected chi connectivity index (χ3v) is 4.98. The van der Waals surface area contributed by atoms with Crippen LogP contribution in [0.4, 0.5) is 0 Å². The Morgan fingerprint density at radius 1 is 1.40 bits per heavy atom. The number of carbonyl (C=O) groups excluding carboxylic acids is 2. The number of halogens is 1. The number of rotatable bonds is 6. The maximum absolute atomic E-state index is 12.6. The van der Waals surface area contributed by atoms with Crippen LogP contribution in [-0.4, -0.2) is 44.7 Å². The highest BCUT2D eigenvalue weighted by atomic mass is 35.5. The molecule has 0 bridgehead atoms. The van der Waals surface area contributed by atoms with Gasteiger partial charge in [0.2, 0.25) is 5.91 Å². The summed E-state index contributed by atoms with van der Waals surface area (Å²) in [5.74, 6) is -1.82. The van der Waals surface area contributed by atoms with E-state index in [2.05, 4.69) is 5.32 Å². The lowest BCUT2D eigenvalue weighted by Crippen LogP contribution is -2.47. The monoisotopic (exact) mass is 398 g/mol. The summed E-state index contributed by atoms with van der Waals surface area (Å²) < 4.78 is 0.283. The first-order chi connectivity index (χ1) is 11.8. The van der Waals surface area contributed by atoms with Crippen LogP contribution in [-0.2, 0) is 14.4 Å². The van der Waals surface area contributed by atoms with E-state index in [1.54, 1.807) is 37.3 Å². The summed E-state index contributed by atoms with van der Waals surface area (Å²) in [7, 11) is 0. The van der Waals surface area contributed by atoms with Crippen molar-refractivity contribution in [2.24, 2.45) is 0 Å². The zero-order chi connectivity index (χ0) is 18.6. The van der Waals surface area contributed by atoms with Crippen LogP contribution >= 0.6 is 35.6 Å². The number of nitrogens with one attached hydrogen (secondary N) is 1. The molecular weight excluding hydrogens is 384 g/mol. The topological polar surface area (TPSA) is 86.7 Å². The first-order valence-electron chi connectivity index (χ1n) is 7.31. The number of carbonyl (C=O) groups is 3. The van der Waals surface area contributed by atoms with Gasteiger partial charge in [-0.1, -0.05) is 47.7 Å². The molecule has 1 atom stereocenters. The molecule has 0 aromatic heterocycles. The second kappa shape index (κ2) is 8.46. The Morgan fingerprint density at radius 2 is 2.04 bits per heavy atom. The van der Waals surface area contributed by atoms with E-state index in [9.17, 15) is 14.4 Å². The Balaban J connectivity index is 2.08. The summed E-state index contributed by atoms with van der Waals surface area (Å²) in [5.41, 5.74) is 0.795. The summed E-state index contributed by atoms with van der Waals surface area (Å²) in [6.07, 6.45) is 1.50. The van der Waals surface area contributed by atoms with Crippen molar-refractivity contribution in [1.82, 2.24) is 10.2 Å². The zero-order valence-corrected chi connectivity index (χ0v) is 15.6. The zero-order valence-electron chi connectivity index (χ0n) is 13.2. The molecule has 2 rings (SSSR count). The van der Waals surface area contributed by atoms with Gasteiger partial charge in [-0.3, -0.25) is 19.3 Å². The van der Waals surface area contributed by atoms with Crippen molar-refractivity contribution < 1.29 is 19.5 Å². The Morgan fingerprint density at radius 3 is 2.64 bits per heavy atom. The number of amides is 2. The maximum atomic E-state index is 12.6. The Labute approximate surface area is 159 Å². The average molecular weight is 399 g/mol. The van der Waals surface area contributed by atoms with Gasteiger partial charge in [-0.2, -0.15) is 0 Å². The van der Waals surface area contributed by atoms with Gasteiger partial charge in [0.05, 0.1) is 11.3 Å². The molecule has 25 heavy (non-hydrogen) atoms. The molecule has 1 aliphatic rings. The molecule has 1 aliphatic heterocycles. The molecule has 1 saturated heterocycles. The number of aliphatic carboxylic acids is 1. The Hall–Kier alpha value is -1.90. The van der Waals surface area contributed by atoms with Crippen LogP contribution in [0.25, 0.3) is 6.08 Å². The molecule has 9 heteroatoms. The molecule has 132 valence electrons. The summed E-state index contributed by atoms with van der Waals surface area (Å²) >= 11 is 12.2. The number of carboxylic acids is 1. The standard InChI is InChI=1S/C16H15ClN2O4S2/c1-9(14(22)18-7-6-13(20)21)19-15(23)12(25-16(19)24)8-10-2-4-11(17)5-3-10/h2-5,8-9H,6-7H2,1H3,(H,18,22)(H,20,21)/b12-8-. The largest absolute Gasteiger partial charge is 0.481 e. The number of benzene rings is 1. The van der Waals surface area contributed by atoms with Crippen LogP contribution in [0.5, 0.6) is 0 Å². The highest BCUT2D eigenvalue weighted by molar-refractivity contribution is 8.26. The summed E-state index contributed by atoms with van der Waals surface area (Å²) in [6.45, 7) is 1.54. The number of thiocarbonyl (C=S) groups is 1. The number of hydrogen-bond acceptors (Lipinski definition) is 5. The second-order valence-electron chi connectivity index (χ2n) is 5.21. The smallest absolute Gasteiger partial charge is 0.305 e. The lowest BCUT2D eigenvalue weighted by molar-refractivity contribution is -0.137. The third-order valence-electron chi connectivity index (χ3n) is 3.40. The first kappa shape index (κ1) is 19.4. The van der Waals surface area contributed by atoms with Gasteiger partial charge in [0, 0.05) is 11.6 Å².